The van der Waals surface area contributed by atoms with E-state index in [1.54, 1.807) is 0 Å². The van der Waals surface area contributed by atoms with E-state index in [4.69, 9.17) is 4.98 Å². The summed E-state index contributed by atoms with van der Waals surface area (Å²) >= 11 is 3.68. The average Bonchev–Trinajstić information content (AvgIpc) is 3.83. The number of pyridine rings is 1. The molecule has 0 unspecified atom stereocenters. The quantitative estimate of drug-likeness (QED) is 0.188. The number of nitrogens with zero attached hydrogens (tertiary/aromatic N) is 3. The molecule has 0 N–H and O–H groups in total. The molecule has 0 aliphatic heterocycles. The predicted octanol–water partition coefficient (Wildman–Crippen LogP) is 12.0. The van der Waals surface area contributed by atoms with E-state index in [9.17, 15) is 0 Å². The third-order valence-corrected chi connectivity index (χ3v) is 11.7. The van der Waals surface area contributed by atoms with E-state index in [1.807, 2.05) is 22.7 Å². The topological polar surface area (TPSA) is 22.8 Å². The van der Waals surface area contributed by atoms with E-state index < -0.39 is 0 Å². The van der Waals surface area contributed by atoms with Crippen molar-refractivity contribution >= 4 is 107 Å². The molecule has 0 spiro atoms. The fourth-order valence-corrected chi connectivity index (χ4v) is 9.83. The largest absolute Gasteiger partial charge is 0.309 e. The lowest BCUT2D eigenvalue weighted by atomic mass is 10.2. The van der Waals surface area contributed by atoms with Crippen LogP contribution in [-0.2, 0) is 0 Å². The summed E-state index contributed by atoms with van der Waals surface area (Å²) in [6.07, 6.45) is 0. The molecule has 0 atom stereocenters. The number of para-hydroxylation sites is 4. The molecular weight excluding hydrogens is 599 g/mol. The van der Waals surface area contributed by atoms with Gasteiger partial charge in [0.25, 0.3) is 0 Å². The lowest BCUT2D eigenvalue weighted by Gasteiger charge is -2.08. The second-order valence-electron chi connectivity index (χ2n) is 12.0. The Hall–Kier alpha value is -5.49. The maximum Gasteiger partial charge on any atom is 0.0897 e. The minimum atomic E-state index is 1.09. The number of rotatable bonds is 2. The summed E-state index contributed by atoms with van der Waals surface area (Å²) in [5, 5.41) is 7.56. The van der Waals surface area contributed by atoms with Gasteiger partial charge in [0, 0.05) is 53.1 Å². The zero-order chi connectivity index (χ0) is 29.9. The Bertz CT molecular complexity index is 2730. The van der Waals surface area contributed by atoms with Crippen molar-refractivity contribution in [3.8, 4) is 11.4 Å². The van der Waals surface area contributed by atoms with Crippen molar-refractivity contribution in [3.63, 3.8) is 0 Å². The second kappa shape index (κ2) is 9.04. The smallest absolute Gasteiger partial charge is 0.0897 e. The Morgan fingerprint density at radius 2 is 0.717 bits per heavy atom. The molecule has 0 saturated heterocycles. The first-order valence-electron chi connectivity index (χ1n) is 15.5. The minimum absolute atomic E-state index is 1.09. The molecule has 6 aromatic carbocycles. The fraction of sp³-hybridized carbons (Fsp3) is 0. The van der Waals surface area contributed by atoms with Crippen molar-refractivity contribution in [2.24, 2.45) is 0 Å². The summed E-state index contributed by atoms with van der Waals surface area (Å²) in [6.45, 7) is 0. The van der Waals surface area contributed by atoms with Gasteiger partial charge >= 0.3 is 0 Å². The van der Waals surface area contributed by atoms with Gasteiger partial charge in [0.2, 0.25) is 0 Å². The highest BCUT2D eigenvalue weighted by Crippen LogP contribution is 2.42. The van der Waals surface area contributed by atoms with E-state index >= 15 is 0 Å². The van der Waals surface area contributed by atoms with Crippen LogP contribution in [0, 0.1) is 0 Å². The lowest BCUT2D eigenvalue weighted by molar-refractivity contribution is 1.19. The van der Waals surface area contributed by atoms with Gasteiger partial charge in [0.1, 0.15) is 0 Å². The molecule has 0 aliphatic carbocycles. The van der Waals surface area contributed by atoms with Gasteiger partial charge < -0.3 is 9.13 Å². The number of thiophene rings is 2. The van der Waals surface area contributed by atoms with Crippen LogP contribution >= 0.6 is 22.7 Å². The summed E-state index contributed by atoms with van der Waals surface area (Å²) in [6, 6.07) is 50.8. The lowest BCUT2D eigenvalue weighted by Crippen LogP contribution is -1.93. The number of aromatic nitrogens is 3. The molecule has 5 aromatic heterocycles. The van der Waals surface area contributed by atoms with Crippen LogP contribution in [0.4, 0.5) is 0 Å². The van der Waals surface area contributed by atoms with Crippen molar-refractivity contribution in [1.82, 2.24) is 14.1 Å². The van der Waals surface area contributed by atoms with E-state index in [0.717, 1.165) is 11.0 Å². The Kier molecular flexibility index (Phi) is 4.87. The number of hydrogen-bond acceptors (Lipinski definition) is 3. The number of hydrogen-bond donors (Lipinski definition) is 0. The Morgan fingerprint density at radius 1 is 0.348 bits per heavy atom. The third-order valence-electron chi connectivity index (χ3n) is 9.51. The van der Waals surface area contributed by atoms with Gasteiger partial charge in [-0.05, 0) is 66.7 Å². The molecule has 5 heterocycles. The van der Waals surface area contributed by atoms with E-state index in [0.29, 0.717) is 0 Å². The van der Waals surface area contributed by atoms with Crippen LogP contribution in [0.5, 0.6) is 0 Å². The highest BCUT2D eigenvalue weighted by atomic mass is 32.1. The normalized spacial score (nSPS) is 12.3. The summed E-state index contributed by atoms with van der Waals surface area (Å²) in [5.41, 5.74) is 9.47. The fourth-order valence-electron chi connectivity index (χ4n) is 7.52. The minimum Gasteiger partial charge on any atom is -0.309 e. The summed E-state index contributed by atoms with van der Waals surface area (Å²) in [4.78, 5) is 5.35. The second-order valence-corrected chi connectivity index (χ2v) is 14.2. The van der Waals surface area contributed by atoms with Crippen molar-refractivity contribution in [2.75, 3.05) is 0 Å². The maximum atomic E-state index is 5.35. The van der Waals surface area contributed by atoms with Gasteiger partial charge in [-0.15, -0.1) is 22.7 Å². The standard InChI is InChI=1S/C41H23N3S2/c1-5-13-32-26(9-1)27-10-2-6-14-33(27)43(32)24-17-19-30-36(21-24)45-38-23-39-41(42-40(30)38)31-20-18-25(22-37(31)46-39)44-34-15-7-3-11-28(34)29-12-4-8-16-35(29)44/h1-23H. The molecule has 11 rings (SSSR count). The molecular formula is C41H23N3S2. The van der Waals surface area contributed by atoms with Crippen LogP contribution in [0.2, 0.25) is 0 Å². The molecule has 0 saturated carbocycles. The molecule has 0 amide bonds. The molecule has 5 heteroatoms. The molecule has 0 radical (unpaired) electrons. The van der Waals surface area contributed by atoms with Gasteiger partial charge in [-0.2, -0.15) is 0 Å². The van der Waals surface area contributed by atoms with E-state index in [2.05, 4.69) is 149 Å². The van der Waals surface area contributed by atoms with Crippen LogP contribution < -0.4 is 0 Å². The molecule has 0 bridgehead atoms. The van der Waals surface area contributed by atoms with Crippen LogP contribution in [0.3, 0.4) is 0 Å². The van der Waals surface area contributed by atoms with Crippen LogP contribution in [0.15, 0.2) is 140 Å². The van der Waals surface area contributed by atoms with Crippen molar-refractivity contribution in [2.45, 2.75) is 0 Å². The summed E-state index contributed by atoms with van der Waals surface area (Å²) < 4.78 is 9.77. The van der Waals surface area contributed by atoms with Crippen LogP contribution in [-0.4, -0.2) is 14.1 Å². The van der Waals surface area contributed by atoms with Crippen molar-refractivity contribution in [1.29, 1.82) is 0 Å². The molecule has 0 aliphatic rings. The zero-order valence-corrected chi connectivity index (χ0v) is 26.1. The van der Waals surface area contributed by atoms with Crippen molar-refractivity contribution in [3.05, 3.63) is 140 Å². The SMILES string of the molecule is c1ccc2c(c1)c1ccccc1n2-c1ccc2c(c1)sc1cc3sc4cc(-n5c6ccccc6c6ccccc65)ccc4c3nc12. The Labute approximate surface area is 270 Å². The Balaban J connectivity index is 1.09. The first-order valence-corrected chi connectivity index (χ1v) is 17.1. The van der Waals surface area contributed by atoms with Crippen LogP contribution in [0.1, 0.15) is 0 Å². The Morgan fingerprint density at radius 3 is 1.11 bits per heavy atom. The van der Waals surface area contributed by atoms with Crippen molar-refractivity contribution < 1.29 is 0 Å². The van der Waals surface area contributed by atoms with Gasteiger partial charge in [-0.1, -0.05) is 72.8 Å². The zero-order valence-electron chi connectivity index (χ0n) is 24.4. The summed E-state index contributed by atoms with van der Waals surface area (Å²) in [7, 11) is 0. The highest BCUT2D eigenvalue weighted by molar-refractivity contribution is 7.27. The van der Waals surface area contributed by atoms with Gasteiger partial charge in [0.15, 0.2) is 0 Å². The first kappa shape index (κ1) is 24.8. The number of benzene rings is 6. The number of fused-ring (bicyclic) bond motifs is 12. The average molecular weight is 622 g/mol. The third kappa shape index (κ3) is 3.28. The van der Waals surface area contributed by atoms with Gasteiger partial charge in [0.05, 0.1) is 42.5 Å². The van der Waals surface area contributed by atoms with E-state index in [1.165, 1.54) is 84.6 Å². The maximum absolute atomic E-state index is 5.35. The molecule has 0 fully saturated rings. The van der Waals surface area contributed by atoms with Gasteiger partial charge in [-0.3, -0.25) is 0 Å². The summed E-state index contributed by atoms with van der Waals surface area (Å²) in [5.74, 6) is 0. The predicted molar refractivity (Wildman–Crippen MR) is 199 cm³/mol. The molecule has 3 nitrogen and oxygen atoms in total. The molecule has 214 valence electrons. The highest BCUT2D eigenvalue weighted by Gasteiger charge is 2.17. The van der Waals surface area contributed by atoms with Crippen LogP contribution in [0.25, 0.3) is 95.6 Å². The monoisotopic (exact) mass is 621 g/mol. The first-order chi connectivity index (χ1) is 22.8. The molecule has 46 heavy (non-hydrogen) atoms. The van der Waals surface area contributed by atoms with Gasteiger partial charge in [-0.25, -0.2) is 4.98 Å². The molecule has 11 aromatic rings. The van der Waals surface area contributed by atoms with E-state index in [-0.39, 0.29) is 0 Å².